The number of aliphatic hydroxyl groups is 4. The van der Waals surface area contributed by atoms with Crippen molar-refractivity contribution >= 4 is 17.3 Å². The average Bonchev–Trinajstić information content (AvgIpc) is 3.01. The summed E-state index contributed by atoms with van der Waals surface area (Å²) in [6, 6.07) is 4.02. The largest absolute Gasteiger partial charge is 0.507 e. The maximum atomic E-state index is 13.8. The first-order valence-electron chi connectivity index (χ1n) is 14.3. The normalized spacial score (nSPS) is 28.7. The van der Waals surface area contributed by atoms with Crippen LogP contribution in [0.25, 0.3) is 0 Å². The van der Waals surface area contributed by atoms with Crippen molar-refractivity contribution in [3.05, 3.63) is 51.6 Å². The number of benzene rings is 2. The number of nitriles is 1. The van der Waals surface area contributed by atoms with Crippen LogP contribution in [0.4, 0.5) is 0 Å². The van der Waals surface area contributed by atoms with Crippen LogP contribution in [-0.4, -0.2) is 104 Å². The number of aromatic hydroxyl groups is 2. The van der Waals surface area contributed by atoms with Crippen LogP contribution in [0.2, 0.25) is 0 Å². The molecule has 14 heteroatoms. The van der Waals surface area contributed by atoms with E-state index in [-0.39, 0.29) is 34.4 Å². The molecule has 2 aromatic rings. The minimum Gasteiger partial charge on any atom is -0.507 e. The van der Waals surface area contributed by atoms with E-state index in [1.54, 1.807) is 0 Å². The van der Waals surface area contributed by atoms with Crippen molar-refractivity contribution in [1.82, 2.24) is 5.32 Å². The molecule has 0 saturated carbocycles. The van der Waals surface area contributed by atoms with Gasteiger partial charge in [-0.15, -0.1) is 0 Å². The lowest BCUT2D eigenvalue weighted by Gasteiger charge is -2.43. The molecule has 1 saturated heterocycles. The predicted molar refractivity (Wildman–Crippen MR) is 152 cm³/mol. The van der Waals surface area contributed by atoms with E-state index in [1.165, 1.54) is 32.2 Å². The summed E-state index contributed by atoms with van der Waals surface area (Å²) < 4.78 is 17.3. The second kappa shape index (κ2) is 12.1. The van der Waals surface area contributed by atoms with E-state index in [2.05, 4.69) is 5.32 Å². The Morgan fingerprint density at radius 3 is 2.51 bits per heavy atom. The minimum absolute atomic E-state index is 0.0596. The molecule has 5 rings (SSSR count). The number of rotatable bonds is 8. The van der Waals surface area contributed by atoms with Crippen LogP contribution < -0.4 is 10.1 Å². The number of fused-ring (bicyclic) bond motifs is 3. The number of ether oxygens (including phenoxy) is 3. The van der Waals surface area contributed by atoms with Gasteiger partial charge < -0.3 is 44.8 Å². The maximum Gasteiger partial charge on any atom is 0.202 e. The number of aliphatic hydroxyl groups excluding tert-OH is 3. The summed E-state index contributed by atoms with van der Waals surface area (Å²) in [5, 5.41) is 76.7. The Hall–Kier alpha value is -3.94. The summed E-state index contributed by atoms with van der Waals surface area (Å²) in [7, 11) is 1.31. The van der Waals surface area contributed by atoms with Gasteiger partial charge in [0.25, 0.3) is 0 Å². The summed E-state index contributed by atoms with van der Waals surface area (Å²) in [6.07, 6.45) is -7.15. The zero-order chi connectivity index (χ0) is 33.0. The van der Waals surface area contributed by atoms with Crippen LogP contribution in [0.5, 0.6) is 17.2 Å². The van der Waals surface area contributed by atoms with Crippen LogP contribution >= 0.6 is 0 Å². The van der Waals surface area contributed by atoms with Crippen molar-refractivity contribution in [1.29, 1.82) is 5.26 Å². The third-order valence-electron chi connectivity index (χ3n) is 8.86. The lowest BCUT2D eigenvalue weighted by Crippen LogP contribution is -2.58. The van der Waals surface area contributed by atoms with Gasteiger partial charge in [0.2, 0.25) is 5.78 Å². The highest BCUT2D eigenvalue weighted by Crippen LogP contribution is 2.52. The van der Waals surface area contributed by atoms with E-state index in [0.717, 1.165) is 6.92 Å². The average molecular weight is 627 g/mol. The van der Waals surface area contributed by atoms with Gasteiger partial charge in [0, 0.05) is 42.0 Å². The van der Waals surface area contributed by atoms with Gasteiger partial charge in [-0.05, 0) is 19.9 Å². The molecule has 1 fully saturated rings. The Labute approximate surface area is 257 Å². The molecule has 3 aliphatic rings. The number of nitrogens with one attached hydrogen (secondary N) is 1. The molecular formula is C31H34N2O12. The Morgan fingerprint density at radius 1 is 1.20 bits per heavy atom. The summed E-state index contributed by atoms with van der Waals surface area (Å²) >= 11 is 0. The van der Waals surface area contributed by atoms with Gasteiger partial charge in [0.1, 0.15) is 35.0 Å². The number of phenolic OH excluding ortho intramolecular Hbond substituents is 2. The zero-order valence-corrected chi connectivity index (χ0v) is 24.7. The summed E-state index contributed by atoms with van der Waals surface area (Å²) in [5.74, 6) is -3.54. The fourth-order valence-corrected chi connectivity index (χ4v) is 6.36. The number of ketones is 3. The summed E-state index contributed by atoms with van der Waals surface area (Å²) in [4.78, 5) is 40.1. The molecule has 14 nitrogen and oxygen atoms in total. The smallest absolute Gasteiger partial charge is 0.202 e. The van der Waals surface area contributed by atoms with E-state index >= 15 is 0 Å². The topological polar surface area (TPSA) is 236 Å². The minimum atomic E-state index is -2.10. The summed E-state index contributed by atoms with van der Waals surface area (Å²) in [6.45, 7) is 1.94. The van der Waals surface area contributed by atoms with Crippen molar-refractivity contribution < 1.29 is 59.2 Å². The molecule has 2 aromatic carbocycles. The van der Waals surface area contributed by atoms with Gasteiger partial charge in [-0.1, -0.05) is 12.1 Å². The number of nitrogens with zero attached hydrogens (tertiary/aromatic N) is 1. The molecule has 7 N–H and O–H groups in total. The number of methoxy groups -OCH3 is 1. The van der Waals surface area contributed by atoms with Crippen LogP contribution in [0.3, 0.4) is 0 Å². The molecule has 0 bridgehead atoms. The Kier molecular flexibility index (Phi) is 8.73. The van der Waals surface area contributed by atoms with E-state index in [1.807, 2.05) is 6.07 Å². The molecule has 0 aromatic heterocycles. The number of carbonyl (C=O) groups excluding carboxylic acids is 3. The van der Waals surface area contributed by atoms with Crippen molar-refractivity contribution in [3.63, 3.8) is 0 Å². The Balaban J connectivity index is 1.58. The van der Waals surface area contributed by atoms with E-state index in [0.29, 0.717) is 0 Å². The molecule has 6 unspecified atom stereocenters. The first-order chi connectivity index (χ1) is 21.3. The lowest BCUT2D eigenvalue weighted by molar-refractivity contribution is -0.250. The Bertz CT molecular complexity index is 1600. The standard InChI is InChI=1S/C31H34N2O12/c1-12-26(37)16(33-17(10-32)18(36)11-34)7-21(44-12)45-20-9-31(42,13(2)35)8-15-23(20)30(41)25-24(28(15)39)27(38)14-5-4-6-19(43-3)22(14)29(25)40/h4-6,12,16-18,20-21,26,33-34,36-37,39,41-42H,7-9,11H2,1-3H3/t12?,16?,17?,18?,20-,21?,26?,31-/m0/s1. The second-order valence-electron chi connectivity index (χ2n) is 11.6. The van der Waals surface area contributed by atoms with Gasteiger partial charge in [0.15, 0.2) is 17.9 Å². The van der Waals surface area contributed by atoms with Gasteiger partial charge >= 0.3 is 0 Å². The van der Waals surface area contributed by atoms with Crippen molar-refractivity contribution in [2.45, 2.75) is 81.5 Å². The SMILES string of the molecule is COc1cccc2c1C(=O)c1c(O)c3c(c(O)c1C2=O)C[C@@](O)(C(C)=O)C[C@@H]3OC1CC(NC(C#N)C(O)CO)C(O)C(C)O1. The van der Waals surface area contributed by atoms with Gasteiger partial charge in [-0.3, -0.25) is 19.7 Å². The zero-order valence-electron chi connectivity index (χ0n) is 24.7. The molecule has 0 radical (unpaired) electrons. The van der Waals surface area contributed by atoms with Crippen molar-refractivity contribution in [2.75, 3.05) is 13.7 Å². The molecule has 0 amide bonds. The molecule has 8 atom stereocenters. The third kappa shape index (κ3) is 5.36. The van der Waals surface area contributed by atoms with E-state index in [9.17, 15) is 50.3 Å². The van der Waals surface area contributed by atoms with Crippen LogP contribution in [0.1, 0.15) is 75.8 Å². The number of phenols is 2. The van der Waals surface area contributed by atoms with E-state index in [4.69, 9.17) is 14.2 Å². The third-order valence-corrected chi connectivity index (χ3v) is 8.86. The number of hydrogen-bond acceptors (Lipinski definition) is 14. The fourth-order valence-electron chi connectivity index (χ4n) is 6.36. The Morgan fingerprint density at radius 2 is 1.89 bits per heavy atom. The molecular weight excluding hydrogens is 592 g/mol. The van der Waals surface area contributed by atoms with Crippen molar-refractivity contribution in [2.24, 2.45) is 0 Å². The molecule has 240 valence electrons. The monoisotopic (exact) mass is 626 g/mol. The van der Waals surface area contributed by atoms with Crippen molar-refractivity contribution in [3.8, 4) is 23.3 Å². The van der Waals surface area contributed by atoms with Gasteiger partial charge in [0.05, 0.1) is 54.8 Å². The van der Waals surface area contributed by atoms with Crippen LogP contribution in [0, 0.1) is 11.3 Å². The fraction of sp³-hybridized carbons (Fsp3) is 0.484. The maximum absolute atomic E-state index is 13.8. The first-order valence-corrected chi connectivity index (χ1v) is 14.3. The molecule has 2 aliphatic carbocycles. The number of carbonyl (C=O) groups is 3. The van der Waals surface area contributed by atoms with Crippen LogP contribution in [-0.2, 0) is 20.7 Å². The molecule has 0 spiro atoms. The highest BCUT2D eigenvalue weighted by Gasteiger charge is 2.49. The summed E-state index contributed by atoms with van der Waals surface area (Å²) in [5.41, 5.74) is -3.54. The predicted octanol–water partition coefficient (Wildman–Crippen LogP) is -0.0948. The highest BCUT2D eigenvalue weighted by molar-refractivity contribution is 6.31. The quantitative estimate of drug-likeness (QED) is 0.162. The van der Waals surface area contributed by atoms with Gasteiger partial charge in [-0.2, -0.15) is 5.26 Å². The second-order valence-corrected chi connectivity index (χ2v) is 11.6. The highest BCUT2D eigenvalue weighted by atomic mass is 16.7. The molecule has 45 heavy (non-hydrogen) atoms. The van der Waals surface area contributed by atoms with Gasteiger partial charge in [-0.25, -0.2) is 0 Å². The van der Waals surface area contributed by atoms with Crippen LogP contribution in [0.15, 0.2) is 18.2 Å². The molecule has 1 aliphatic heterocycles. The molecule has 1 heterocycles. The van der Waals surface area contributed by atoms with E-state index < -0.39 is 108 Å². The first kappa shape index (κ1) is 32.5. The lowest BCUT2D eigenvalue weighted by atomic mass is 9.72. The number of Topliss-reactive ketones (excluding diaryl/α,β-unsaturated/α-hetero) is 1. The number of hydrogen-bond donors (Lipinski definition) is 7.